The maximum Gasteiger partial charge on any atom is 0.256 e. The monoisotopic (exact) mass is 355 g/mol. The Labute approximate surface area is 130 Å². The number of halogens is 3. The Balaban J connectivity index is 2.21. The molecule has 0 aromatic heterocycles. The maximum atomic E-state index is 13.9. The van der Waals surface area contributed by atoms with Crippen LogP contribution in [0.1, 0.15) is 15.9 Å². The van der Waals surface area contributed by atoms with Crippen molar-refractivity contribution in [3.8, 4) is 0 Å². The standard InChI is InChI=1S/C15H12BrClFNO/c1-19(9-10-5-2-3-8-13(10)17)15(20)11-6-4-7-12(16)14(11)18/h2-8H,9H2,1H3. The van der Waals surface area contributed by atoms with Crippen LogP contribution in [0.25, 0.3) is 0 Å². The van der Waals surface area contributed by atoms with E-state index in [4.69, 9.17) is 11.6 Å². The van der Waals surface area contributed by atoms with Gasteiger partial charge in [-0.3, -0.25) is 4.79 Å². The van der Waals surface area contributed by atoms with Gasteiger partial charge in [0, 0.05) is 18.6 Å². The number of hydrogen-bond donors (Lipinski definition) is 0. The number of rotatable bonds is 3. The minimum absolute atomic E-state index is 0.0360. The zero-order chi connectivity index (χ0) is 14.7. The lowest BCUT2D eigenvalue weighted by Gasteiger charge is -2.18. The lowest BCUT2D eigenvalue weighted by atomic mass is 10.1. The van der Waals surface area contributed by atoms with Crippen LogP contribution in [0.4, 0.5) is 4.39 Å². The molecule has 20 heavy (non-hydrogen) atoms. The first-order valence-corrected chi connectivity index (χ1v) is 7.10. The van der Waals surface area contributed by atoms with Crippen molar-refractivity contribution in [3.63, 3.8) is 0 Å². The van der Waals surface area contributed by atoms with Crippen molar-refractivity contribution in [3.05, 3.63) is 68.9 Å². The SMILES string of the molecule is CN(Cc1ccccc1Cl)C(=O)c1cccc(Br)c1F. The summed E-state index contributed by atoms with van der Waals surface area (Å²) >= 11 is 9.13. The Morgan fingerprint density at radius 2 is 1.95 bits per heavy atom. The van der Waals surface area contributed by atoms with E-state index in [9.17, 15) is 9.18 Å². The van der Waals surface area contributed by atoms with Gasteiger partial charge in [0.15, 0.2) is 0 Å². The summed E-state index contributed by atoms with van der Waals surface area (Å²) in [6.45, 7) is 0.324. The van der Waals surface area contributed by atoms with Gasteiger partial charge in [-0.05, 0) is 39.7 Å². The molecule has 0 aliphatic rings. The maximum absolute atomic E-state index is 13.9. The first-order valence-electron chi connectivity index (χ1n) is 5.93. The van der Waals surface area contributed by atoms with Gasteiger partial charge in [-0.2, -0.15) is 0 Å². The van der Waals surface area contributed by atoms with Crippen molar-refractivity contribution < 1.29 is 9.18 Å². The van der Waals surface area contributed by atoms with Crippen LogP contribution in [0.5, 0.6) is 0 Å². The van der Waals surface area contributed by atoms with Crippen LogP contribution in [0, 0.1) is 5.82 Å². The molecule has 5 heteroatoms. The van der Waals surface area contributed by atoms with E-state index in [1.54, 1.807) is 25.2 Å². The zero-order valence-corrected chi connectivity index (χ0v) is 13.1. The molecular formula is C15H12BrClFNO. The van der Waals surface area contributed by atoms with Crippen LogP contribution in [-0.4, -0.2) is 17.9 Å². The molecule has 0 fully saturated rings. The van der Waals surface area contributed by atoms with E-state index in [0.717, 1.165) is 5.56 Å². The molecule has 0 bridgehead atoms. The predicted molar refractivity (Wildman–Crippen MR) is 81.3 cm³/mol. The average molecular weight is 357 g/mol. The summed E-state index contributed by atoms with van der Waals surface area (Å²) in [4.78, 5) is 13.7. The third kappa shape index (κ3) is 3.19. The quantitative estimate of drug-likeness (QED) is 0.792. The fourth-order valence-electron chi connectivity index (χ4n) is 1.83. The number of amides is 1. The summed E-state index contributed by atoms with van der Waals surface area (Å²) in [5.74, 6) is -0.938. The Hall–Kier alpha value is -1.39. The van der Waals surface area contributed by atoms with Crippen molar-refractivity contribution in [1.82, 2.24) is 4.90 Å². The Kier molecular flexibility index (Phi) is 4.78. The van der Waals surface area contributed by atoms with Crippen molar-refractivity contribution in [2.75, 3.05) is 7.05 Å². The van der Waals surface area contributed by atoms with Crippen LogP contribution < -0.4 is 0 Å². The molecule has 0 saturated heterocycles. The first kappa shape index (κ1) is 15.0. The normalized spacial score (nSPS) is 10.4. The fourth-order valence-corrected chi connectivity index (χ4v) is 2.39. The number of carbonyl (C=O) groups is 1. The molecule has 0 spiro atoms. The van der Waals surface area contributed by atoms with E-state index in [2.05, 4.69) is 15.9 Å². The molecule has 2 rings (SSSR count). The fraction of sp³-hybridized carbons (Fsp3) is 0.133. The highest BCUT2D eigenvalue weighted by Crippen LogP contribution is 2.21. The average Bonchev–Trinajstić information content (AvgIpc) is 2.43. The highest BCUT2D eigenvalue weighted by Gasteiger charge is 2.18. The van der Waals surface area contributed by atoms with Crippen molar-refractivity contribution in [2.45, 2.75) is 6.54 Å². The molecule has 0 heterocycles. The van der Waals surface area contributed by atoms with Gasteiger partial charge < -0.3 is 4.90 Å². The van der Waals surface area contributed by atoms with E-state index in [1.165, 1.54) is 11.0 Å². The Morgan fingerprint density at radius 3 is 2.65 bits per heavy atom. The highest BCUT2D eigenvalue weighted by atomic mass is 79.9. The van der Waals surface area contributed by atoms with Crippen LogP contribution in [0.3, 0.4) is 0 Å². The number of nitrogens with zero attached hydrogens (tertiary/aromatic N) is 1. The van der Waals surface area contributed by atoms with Crippen LogP contribution in [0.2, 0.25) is 5.02 Å². The lowest BCUT2D eigenvalue weighted by Crippen LogP contribution is -2.27. The highest BCUT2D eigenvalue weighted by molar-refractivity contribution is 9.10. The molecule has 0 radical (unpaired) electrons. The van der Waals surface area contributed by atoms with Gasteiger partial charge in [-0.1, -0.05) is 35.9 Å². The van der Waals surface area contributed by atoms with Gasteiger partial charge in [0.1, 0.15) is 5.82 Å². The summed E-state index contributed by atoms with van der Waals surface area (Å²) in [6.07, 6.45) is 0. The zero-order valence-electron chi connectivity index (χ0n) is 10.7. The third-order valence-corrected chi connectivity index (χ3v) is 3.88. The van der Waals surface area contributed by atoms with Gasteiger partial charge >= 0.3 is 0 Å². The molecule has 0 saturated carbocycles. The molecule has 2 nitrogen and oxygen atoms in total. The van der Waals surface area contributed by atoms with E-state index in [-0.39, 0.29) is 15.9 Å². The van der Waals surface area contributed by atoms with E-state index in [1.807, 2.05) is 18.2 Å². The molecule has 0 atom stereocenters. The molecule has 0 aliphatic heterocycles. The third-order valence-electron chi connectivity index (χ3n) is 2.89. The number of hydrogen-bond acceptors (Lipinski definition) is 1. The molecule has 0 unspecified atom stereocenters. The summed E-state index contributed by atoms with van der Waals surface area (Å²) in [6, 6.07) is 11.9. The van der Waals surface area contributed by atoms with E-state index < -0.39 is 5.82 Å². The largest absolute Gasteiger partial charge is 0.337 e. The first-order chi connectivity index (χ1) is 9.50. The van der Waals surface area contributed by atoms with Crippen LogP contribution in [0.15, 0.2) is 46.9 Å². The molecule has 0 N–H and O–H groups in total. The Morgan fingerprint density at radius 1 is 1.25 bits per heavy atom. The minimum atomic E-state index is -0.552. The summed E-state index contributed by atoms with van der Waals surface area (Å²) < 4.78 is 14.2. The van der Waals surface area contributed by atoms with Crippen LogP contribution in [-0.2, 0) is 6.54 Å². The molecule has 2 aromatic carbocycles. The summed E-state index contributed by atoms with van der Waals surface area (Å²) in [7, 11) is 1.62. The second kappa shape index (κ2) is 6.37. The van der Waals surface area contributed by atoms with E-state index >= 15 is 0 Å². The second-order valence-corrected chi connectivity index (χ2v) is 5.62. The molecule has 104 valence electrons. The van der Waals surface area contributed by atoms with Gasteiger partial charge in [-0.15, -0.1) is 0 Å². The Bertz CT molecular complexity index is 648. The molecule has 1 amide bonds. The predicted octanol–water partition coefficient (Wildman–Crippen LogP) is 4.51. The summed E-state index contributed by atoms with van der Waals surface area (Å²) in [5.41, 5.74) is 0.856. The smallest absolute Gasteiger partial charge is 0.256 e. The van der Waals surface area contributed by atoms with Gasteiger partial charge in [-0.25, -0.2) is 4.39 Å². The lowest BCUT2D eigenvalue weighted by molar-refractivity contribution is 0.0780. The molecule has 2 aromatic rings. The van der Waals surface area contributed by atoms with Crippen molar-refractivity contribution in [2.24, 2.45) is 0 Å². The number of carbonyl (C=O) groups excluding carboxylic acids is 1. The molecular weight excluding hydrogens is 345 g/mol. The van der Waals surface area contributed by atoms with Gasteiger partial charge in [0.25, 0.3) is 5.91 Å². The van der Waals surface area contributed by atoms with E-state index in [0.29, 0.717) is 11.6 Å². The molecule has 0 aliphatic carbocycles. The summed E-state index contributed by atoms with van der Waals surface area (Å²) in [5, 5.41) is 0.585. The van der Waals surface area contributed by atoms with Gasteiger partial charge in [0.2, 0.25) is 0 Å². The van der Waals surface area contributed by atoms with Gasteiger partial charge in [0.05, 0.1) is 10.0 Å². The van der Waals surface area contributed by atoms with Crippen LogP contribution >= 0.6 is 27.5 Å². The minimum Gasteiger partial charge on any atom is -0.337 e. The second-order valence-electron chi connectivity index (χ2n) is 4.35. The topological polar surface area (TPSA) is 20.3 Å². The van der Waals surface area contributed by atoms with Crippen molar-refractivity contribution >= 4 is 33.4 Å². The number of benzene rings is 2. The van der Waals surface area contributed by atoms with Crippen molar-refractivity contribution in [1.29, 1.82) is 0 Å².